The summed E-state index contributed by atoms with van der Waals surface area (Å²) in [6.07, 6.45) is 9.14. The van der Waals surface area contributed by atoms with E-state index in [0.717, 1.165) is 51.6 Å². The van der Waals surface area contributed by atoms with Crippen LogP contribution in [0, 0.1) is 0 Å². The van der Waals surface area contributed by atoms with Crippen LogP contribution in [0.15, 0.2) is 0 Å². The lowest BCUT2D eigenvalue weighted by Crippen LogP contribution is -2.55. The van der Waals surface area contributed by atoms with E-state index in [1.165, 1.54) is 32.1 Å². The van der Waals surface area contributed by atoms with Crippen molar-refractivity contribution >= 4 is 5.91 Å². The highest BCUT2D eigenvalue weighted by Gasteiger charge is 2.31. The molecule has 0 aromatic heterocycles. The molecule has 1 amide bonds. The Bertz CT molecular complexity index is 301. The van der Waals surface area contributed by atoms with Gasteiger partial charge in [-0.05, 0) is 32.2 Å². The van der Waals surface area contributed by atoms with E-state index in [1.54, 1.807) is 0 Å². The number of piperazine rings is 1. The van der Waals surface area contributed by atoms with Gasteiger partial charge in [0.2, 0.25) is 5.91 Å². The van der Waals surface area contributed by atoms with E-state index in [4.69, 9.17) is 0 Å². The summed E-state index contributed by atoms with van der Waals surface area (Å²) in [6.45, 7) is 5.06. The van der Waals surface area contributed by atoms with E-state index in [1.807, 2.05) is 0 Å². The molecule has 3 rings (SSSR count). The fourth-order valence-corrected chi connectivity index (χ4v) is 3.87. The van der Waals surface area contributed by atoms with Gasteiger partial charge >= 0.3 is 0 Å². The second kappa shape index (κ2) is 6.23. The molecule has 1 saturated carbocycles. The number of rotatable bonds is 2. The maximum absolute atomic E-state index is 12.3. The minimum Gasteiger partial charge on any atom is -0.339 e. The van der Waals surface area contributed by atoms with Gasteiger partial charge in [-0.1, -0.05) is 19.3 Å². The van der Waals surface area contributed by atoms with E-state index in [9.17, 15) is 4.79 Å². The zero-order valence-electron chi connectivity index (χ0n) is 11.9. The average Bonchev–Trinajstić information content (AvgIpc) is 3.02. The molecule has 1 unspecified atom stereocenters. The molecule has 0 aromatic carbocycles. The predicted molar refractivity (Wildman–Crippen MR) is 76.1 cm³/mol. The van der Waals surface area contributed by atoms with Crippen molar-refractivity contribution in [1.29, 1.82) is 0 Å². The molecule has 1 aliphatic carbocycles. The lowest BCUT2D eigenvalue weighted by atomic mass is 9.94. The fraction of sp³-hybridized carbons (Fsp3) is 0.933. The Hall–Kier alpha value is -0.610. The Labute approximate surface area is 116 Å². The van der Waals surface area contributed by atoms with Gasteiger partial charge in [-0.3, -0.25) is 9.69 Å². The van der Waals surface area contributed by atoms with Crippen molar-refractivity contribution in [3.05, 3.63) is 0 Å². The summed E-state index contributed by atoms with van der Waals surface area (Å²) in [6, 6.07) is 0.914. The maximum Gasteiger partial charge on any atom is 0.239 e. The summed E-state index contributed by atoms with van der Waals surface area (Å²) >= 11 is 0. The highest BCUT2D eigenvalue weighted by molar-refractivity contribution is 5.82. The Kier molecular flexibility index (Phi) is 4.38. The molecule has 4 nitrogen and oxygen atoms in total. The largest absolute Gasteiger partial charge is 0.339 e. The third-order valence-electron chi connectivity index (χ3n) is 5.08. The van der Waals surface area contributed by atoms with Crippen LogP contribution in [0.3, 0.4) is 0 Å². The maximum atomic E-state index is 12.3. The Morgan fingerprint density at radius 1 is 0.895 bits per heavy atom. The van der Waals surface area contributed by atoms with Crippen molar-refractivity contribution < 1.29 is 4.79 Å². The van der Waals surface area contributed by atoms with Gasteiger partial charge in [0.05, 0.1) is 6.04 Å². The third-order valence-corrected chi connectivity index (χ3v) is 5.08. The van der Waals surface area contributed by atoms with Gasteiger partial charge in [-0.25, -0.2) is 0 Å². The number of carbonyl (C=O) groups excluding carboxylic acids is 1. The molecule has 1 atom stereocenters. The molecule has 3 fully saturated rings. The predicted octanol–water partition coefficient (Wildman–Crippen LogP) is 1.22. The summed E-state index contributed by atoms with van der Waals surface area (Å²) in [5.41, 5.74) is 0. The summed E-state index contributed by atoms with van der Waals surface area (Å²) in [5, 5.41) is 3.32. The van der Waals surface area contributed by atoms with Crippen LogP contribution in [0.25, 0.3) is 0 Å². The summed E-state index contributed by atoms with van der Waals surface area (Å²) in [5.74, 6) is 0.348. The average molecular weight is 265 g/mol. The van der Waals surface area contributed by atoms with Crippen molar-refractivity contribution in [1.82, 2.24) is 15.1 Å². The van der Waals surface area contributed by atoms with Crippen LogP contribution >= 0.6 is 0 Å². The molecule has 108 valence electrons. The van der Waals surface area contributed by atoms with Gasteiger partial charge < -0.3 is 10.2 Å². The van der Waals surface area contributed by atoms with Gasteiger partial charge in [0, 0.05) is 32.2 Å². The highest BCUT2D eigenvalue weighted by atomic mass is 16.2. The van der Waals surface area contributed by atoms with Gasteiger partial charge in [-0.15, -0.1) is 0 Å². The smallest absolute Gasteiger partial charge is 0.239 e. The van der Waals surface area contributed by atoms with Crippen LogP contribution in [0.1, 0.15) is 44.9 Å². The van der Waals surface area contributed by atoms with Crippen molar-refractivity contribution in [2.45, 2.75) is 57.0 Å². The van der Waals surface area contributed by atoms with Crippen LogP contribution in [0.2, 0.25) is 0 Å². The topological polar surface area (TPSA) is 35.6 Å². The second-order valence-corrected chi connectivity index (χ2v) is 6.30. The molecule has 2 aliphatic heterocycles. The SMILES string of the molecule is O=C(C1CCCN1)N1CCN(C2CCCCC2)CC1. The van der Waals surface area contributed by atoms with Crippen LogP contribution in [0.5, 0.6) is 0 Å². The number of hydrogen-bond donors (Lipinski definition) is 1. The molecular weight excluding hydrogens is 238 g/mol. The highest BCUT2D eigenvalue weighted by Crippen LogP contribution is 2.23. The normalized spacial score (nSPS) is 30.7. The van der Waals surface area contributed by atoms with Crippen LogP contribution in [-0.4, -0.2) is 60.5 Å². The first-order chi connectivity index (χ1) is 9.34. The lowest BCUT2D eigenvalue weighted by molar-refractivity contribution is -0.135. The zero-order chi connectivity index (χ0) is 13.1. The van der Waals surface area contributed by atoms with Crippen molar-refractivity contribution in [3.63, 3.8) is 0 Å². The van der Waals surface area contributed by atoms with Gasteiger partial charge in [-0.2, -0.15) is 0 Å². The molecule has 2 saturated heterocycles. The minimum absolute atomic E-state index is 0.112. The van der Waals surface area contributed by atoms with Gasteiger partial charge in [0.25, 0.3) is 0 Å². The lowest BCUT2D eigenvalue weighted by Gasteiger charge is -2.41. The van der Waals surface area contributed by atoms with Gasteiger partial charge in [0.1, 0.15) is 0 Å². The molecule has 2 heterocycles. The third kappa shape index (κ3) is 3.11. The number of nitrogens with zero attached hydrogens (tertiary/aromatic N) is 2. The van der Waals surface area contributed by atoms with Crippen LogP contribution in [0.4, 0.5) is 0 Å². The summed E-state index contributed by atoms with van der Waals surface area (Å²) in [4.78, 5) is 17.0. The number of carbonyl (C=O) groups is 1. The molecule has 4 heteroatoms. The molecule has 0 spiro atoms. The van der Waals surface area contributed by atoms with Crippen LogP contribution < -0.4 is 5.32 Å². The van der Waals surface area contributed by atoms with Crippen LogP contribution in [-0.2, 0) is 4.79 Å². The van der Waals surface area contributed by atoms with E-state index in [0.29, 0.717) is 5.91 Å². The van der Waals surface area contributed by atoms with Gasteiger partial charge in [0.15, 0.2) is 0 Å². The van der Waals surface area contributed by atoms with E-state index < -0.39 is 0 Å². The zero-order valence-corrected chi connectivity index (χ0v) is 11.9. The van der Waals surface area contributed by atoms with Crippen molar-refractivity contribution in [2.24, 2.45) is 0 Å². The van der Waals surface area contributed by atoms with E-state index >= 15 is 0 Å². The molecule has 0 bridgehead atoms. The standard InChI is InChI=1S/C15H27N3O/c19-15(14-7-4-8-16-14)18-11-9-17(10-12-18)13-5-2-1-3-6-13/h13-14,16H,1-12H2. The first kappa shape index (κ1) is 13.4. The Balaban J connectivity index is 1.47. The van der Waals surface area contributed by atoms with E-state index in [2.05, 4.69) is 15.1 Å². The number of hydrogen-bond acceptors (Lipinski definition) is 3. The number of nitrogens with one attached hydrogen (secondary N) is 1. The Morgan fingerprint density at radius 3 is 2.26 bits per heavy atom. The second-order valence-electron chi connectivity index (χ2n) is 6.30. The molecular formula is C15H27N3O. The Morgan fingerprint density at radius 2 is 1.63 bits per heavy atom. The minimum atomic E-state index is 0.112. The van der Waals surface area contributed by atoms with Crippen molar-refractivity contribution in [3.8, 4) is 0 Å². The van der Waals surface area contributed by atoms with Crippen molar-refractivity contribution in [2.75, 3.05) is 32.7 Å². The first-order valence-electron chi connectivity index (χ1n) is 8.11. The quantitative estimate of drug-likeness (QED) is 0.815. The molecule has 1 N–H and O–H groups in total. The monoisotopic (exact) mass is 265 g/mol. The molecule has 19 heavy (non-hydrogen) atoms. The fourth-order valence-electron chi connectivity index (χ4n) is 3.87. The first-order valence-corrected chi connectivity index (χ1v) is 8.11. The van der Waals surface area contributed by atoms with E-state index in [-0.39, 0.29) is 6.04 Å². The summed E-state index contributed by atoms with van der Waals surface area (Å²) < 4.78 is 0. The summed E-state index contributed by atoms with van der Waals surface area (Å²) in [7, 11) is 0. The molecule has 0 aromatic rings. The number of amides is 1. The molecule has 0 radical (unpaired) electrons. The molecule has 3 aliphatic rings.